The van der Waals surface area contributed by atoms with E-state index in [1.807, 2.05) is 13.0 Å². The average Bonchev–Trinajstić information content (AvgIpc) is 3.23. The first-order chi connectivity index (χ1) is 15.4. The summed E-state index contributed by atoms with van der Waals surface area (Å²) in [7, 11) is 3.05. The van der Waals surface area contributed by atoms with Gasteiger partial charge in [0, 0.05) is 23.0 Å². The van der Waals surface area contributed by atoms with E-state index >= 15 is 0 Å². The van der Waals surface area contributed by atoms with Crippen LogP contribution in [0.5, 0.6) is 11.5 Å². The molecular weight excluding hydrogens is 452 g/mol. The van der Waals surface area contributed by atoms with Crippen molar-refractivity contribution in [3.05, 3.63) is 75.3 Å². The molecule has 4 aromatic rings. The van der Waals surface area contributed by atoms with Crippen molar-refractivity contribution in [2.24, 2.45) is 0 Å². The van der Waals surface area contributed by atoms with E-state index in [1.54, 1.807) is 47.1 Å². The predicted molar refractivity (Wildman–Crippen MR) is 123 cm³/mol. The number of thioether (sulfide) groups is 1. The topological polar surface area (TPSA) is 87.7 Å². The zero-order valence-electron chi connectivity index (χ0n) is 17.5. The Morgan fingerprint density at radius 2 is 1.84 bits per heavy atom. The summed E-state index contributed by atoms with van der Waals surface area (Å²) in [6.07, 6.45) is 3.33. The number of aromatic nitrogens is 4. The minimum atomic E-state index is -0.330. The molecule has 0 amide bonds. The van der Waals surface area contributed by atoms with Gasteiger partial charge >= 0.3 is 5.56 Å². The summed E-state index contributed by atoms with van der Waals surface area (Å²) < 4.78 is 13.5. The molecule has 2 aromatic carbocycles. The number of benzene rings is 2. The van der Waals surface area contributed by atoms with Crippen molar-refractivity contribution >= 4 is 34.8 Å². The summed E-state index contributed by atoms with van der Waals surface area (Å²) in [6.45, 7) is 1.90. The minimum absolute atomic E-state index is 0.115. The maximum absolute atomic E-state index is 13.0. The smallest absolute Gasteiger partial charge is 0.300 e. The van der Waals surface area contributed by atoms with Gasteiger partial charge in [-0.1, -0.05) is 29.4 Å². The minimum Gasteiger partial charge on any atom is -0.493 e. The normalized spacial score (nSPS) is 11.0. The number of fused-ring (bicyclic) bond motifs is 1. The molecule has 4 rings (SSSR count). The number of rotatable bonds is 7. The zero-order chi connectivity index (χ0) is 22.8. The van der Waals surface area contributed by atoms with E-state index in [2.05, 4.69) is 10.2 Å². The number of ketones is 1. The van der Waals surface area contributed by atoms with Crippen molar-refractivity contribution in [2.45, 2.75) is 12.1 Å². The number of ether oxygens (including phenoxy) is 2. The Bertz CT molecular complexity index is 1380. The number of aryl methyl sites for hydroxylation is 1. The second-order valence-electron chi connectivity index (χ2n) is 6.86. The van der Waals surface area contributed by atoms with Gasteiger partial charge in [-0.15, -0.1) is 10.2 Å². The van der Waals surface area contributed by atoms with Crippen LogP contribution in [-0.2, 0) is 0 Å². The highest BCUT2D eigenvalue weighted by Gasteiger charge is 2.16. The van der Waals surface area contributed by atoms with Gasteiger partial charge in [0.15, 0.2) is 22.4 Å². The lowest BCUT2D eigenvalue weighted by atomic mass is 10.1. The van der Waals surface area contributed by atoms with Gasteiger partial charge in [0.25, 0.3) is 0 Å². The van der Waals surface area contributed by atoms with Crippen molar-refractivity contribution in [2.75, 3.05) is 20.0 Å². The van der Waals surface area contributed by atoms with Crippen molar-refractivity contribution in [1.29, 1.82) is 0 Å². The van der Waals surface area contributed by atoms with Crippen LogP contribution in [0.25, 0.3) is 11.3 Å². The van der Waals surface area contributed by atoms with Gasteiger partial charge in [0.2, 0.25) is 5.65 Å². The van der Waals surface area contributed by atoms with Crippen LogP contribution in [-0.4, -0.2) is 44.9 Å². The summed E-state index contributed by atoms with van der Waals surface area (Å²) in [5.74, 6) is 1.03. The summed E-state index contributed by atoms with van der Waals surface area (Å²) in [4.78, 5) is 25.7. The molecule has 0 bridgehead atoms. The first kappa shape index (κ1) is 21.9. The van der Waals surface area contributed by atoms with Crippen molar-refractivity contribution in [1.82, 2.24) is 19.2 Å². The van der Waals surface area contributed by atoms with E-state index in [0.717, 1.165) is 5.56 Å². The van der Waals surface area contributed by atoms with E-state index < -0.39 is 0 Å². The van der Waals surface area contributed by atoms with Gasteiger partial charge in [-0.2, -0.15) is 0 Å². The number of nitrogens with zero attached hydrogens (tertiary/aromatic N) is 4. The van der Waals surface area contributed by atoms with Gasteiger partial charge in [-0.3, -0.25) is 18.6 Å². The lowest BCUT2D eigenvalue weighted by molar-refractivity contribution is 0.102. The van der Waals surface area contributed by atoms with Crippen LogP contribution in [0.1, 0.15) is 15.9 Å². The molecule has 2 heterocycles. The molecule has 0 radical (unpaired) electrons. The second-order valence-corrected chi connectivity index (χ2v) is 8.24. The Labute approximate surface area is 192 Å². The van der Waals surface area contributed by atoms with Gasteiger partial charge < -0.3 is 9.47 Å². The number of halogens is 1. The third-order valence-corrected chi connectivity index (χ3v) is 6.09. The molecule has 0 aliphatic rings. The molecule has 32 heavy (non-hydrogen) atoms. The van der Waals surface area contributed by atoms with E-state index in [4.69, 9.17) is 21.1 Å². The van der Waals surface area contributed by atoms with Crippen LogP contribution in [0, 0.1) is 6.92 Å². The van der Waals surface area contributed by atoms with E-state index in [-0.39, 0.29) is 22.7 Å². The largest absolute Gasteiger partial charge is 0.493 e. The monoisotopic (exact) mass is 470 g/mol. The van der Waals surface area contributed by atoms with Gasteiger partial charge in [-0.05, 0) is 42.8 Å². The Morgan fingerprint density at radius 3 is 2.59 bits per heavy atom. The standard InChI is InChI=1S/C22H19ClN4O4S/c1-13-4-6-15(23)11-16(13)26-8-9-27-20(21(26)29)24-25-22(27)32-12-17(28)14-5-7-18(30-2)19(10-14)31-3/h4-11H,12H2,1-3H3. The van der Waals surface area contributed by atoms with Gasteiger partial charge in [-0.25, -0.2) is 0 Å². The summed E-state index contributed by atoms with van der Waals surface area (Å²) in [5.41, 5.74) is 1.89. The number of carbonyl (C=O) groups is 1. The lowest BCUT2D eigenvalue weighted by Gasteiger charge is -2.10. The van der Waals surface area contributed by atoms with Crippen LogP contribution < -0.4 is 15.0 Å². The molecule has 8 nitrogen and oxygen atoms in total. The molecular formula is C22H19ClN4O4S. The number of carbonyl (C=O) groups excluding carboxylic acids is 1. The highest BCUT2D eigenvalue weighted by atomic mass is 35.5. The Morgan fingerprint density at radius 1 is 1.06 bits per heavy atom. The first-order valence-electron chi connectivity index (χ1n) is 9.54. The van der Waals surface area contributed by atoms with E-state index in [1.165, 1.54) is 30.5 Å². The van der Waals surface area contributed by atoms with Crippen LogP contribution in [0.15, 0.2) is 58.7 Å². The molecule has 0 N–H and O–H groups in total. The van der Waals surface area contributed by atoms with Crippen molar-refractivity contribution in [3.63, 3.8) is 0 Å². The summed E-state index contributed by atoms with van der Waals surface area (Å²) in [6, 6.07) is 10.3. The molecule has 0 saturated heterocycles. The third-order valence-electron chi connectivity index (χ3n) is 4.91. The van der Waals surface area contributed by atoms with Gasteiger partial charge in [0.1, 0.15) is 0 Å². The van der Waals surface area contributed by atoms with E-state index in [0.29, 0.717) is 32.9 Å². The van der Waals surface area contributed by atoms with Gasteiger partial charge in [0.05, 0.1) is 25.7 Å². The fraction of sp³-hybridized carbons (Fsp3) is 0.182. The molecule has 0 fully saturated rings. The molecule has 2 aromatic heterocycles. The van der Waals surface area contributed by atoms with Crippen LogP contribution in [0.4, 0.5) is 0 Å². The van der Waals surface area contributed by atoms with Crippen molar-refractivity contribution < 1.29 is 14.3 Å². The second kappa shape index (κ2) is 9.05. The maximum Gasteiger partial charge on any atom is 0.300 e. The third kappa shape index (κ3) is 4.09. The van der Waals surface area contributed by atoms with E-state index in [9.17, 15) is 9.59 Å². The number of Topliss-reactive ketones (excluding diaryl/α,β-unsaturated/α-hetero) is 1. The van der Waals surface area contributed by atoms with Crippen molar-refractivity contribution in [3.8, 4) is 17.2 Å². The maximum atomic E-state index is 13.0. The predicted octanol–water partition coefficient (Wildman–Crippen LogP) is 3.83. The SMILES string of the molecule is COc1ccc(C(=O)CSc2nnc3c(=O)n(-c4cc(Cl)ccc4C)ccn23)cc1OC. The molecule has 0 aliphatic heterocycles. The number of hydrogen-bond donors (Lipinski definition) is 0. The average molecular weight is 471 g/mol. The molecule has 164 valence electrons. The zero-order valence-corrected chi connectivity index (χ0v) is 19.1. The molecule has 0 unspecified atom stereocenters. The molecule has 0 atom stereocenters. The van der Waals surface area contributed by atoms with Crippen LogP contribution >= 0.6 is 23.4 Å². The Balaban J connectivity index is 1.59. The number of hydrogen-bond acceptors (Lipinski definition) is 7. The lowest BCUT2D eigenvalue weighted by Crippen LogP contribution is -2.21. The highest BCUT2D eigenvalue weighted by molar-refractivity contribution is 7.99. The Hall–Kier alpha value is -3.30. The highest BCUT2D eigenvalue weighted by Crippen LogP contribution is 2.28. The quantitative estimate of drug-likeness (QED) is 0.299. The van der Waals surface area contributed by atoms with Crippen LogP contribution in [0.2, 0.25) is 5.02 Å². The first-order valence-corrected chi connectivity index (χ1v) is 10.9. The number of methoxy groups -OCH3 is 2. The summed E-state index contributed by atoms with van der Waals surface area (Å²) in [5, 5.41) is 9.11. The summed E-state index contributed by atoms with van der Waals surface area (Å²) >= 11 is 7.30. The fourth-order valence-corrected chi connectivity index (χ4v) is 4.20. The Kier molecular flexibility index (Phi) is 6.20. The van der Waals surface area contributed by atoms with Crippen LogP contribution in [0.3, 0.4) is 0 Å². The molecule has 0 saturated carbocycles. The molecule has 10 heteroatoms. The molecule has 0 spiro atoms. The fourth-order valence-electron chi connectivity index (χ4n) is 3.22. The molecule has 0 aliphatic carbocycles.